The first kappa shape index (κ1) is 17.4. The van der Waals surface area contributed by atoms with E-state index >= 15 is 0 Å². The van der Waals surface area contributed by atoms with E-state index in [1.807, 2.05) is 0 Å². The average Bonchev–Trinajstić information content (AvgIpc) is 2.77. The highest BCUT2D eigenvalue weighted by Crippen LogP contribution is 2.11. The fourth-order valence-electron chi connectivity index (χ4n) is 1.52. The van der Waals surface area contributed by atoms with E-state index in [1.54, 1.807) is 27.8 Å². The van der Waals surface area contributed by atoms with E-state index < -0.39 is 17.7 Å². The quantitative estimate of drug-likeness (QED) is 0.769. The Bertz CT molecular complexity index is 441. The van der Waals surface area contributed by atoms with E-state index in [4.69, 9.17) is 9.47 Å². The first-order valence-electron chi connectivity index (χ1n) is 7.13. The molecule has 0 radical (unpaired) electrons. The molecule has 1 N–H and O–H groups in total. The number of aryl methyl sites for hydroxylation is 1. The molecule has 0 aromatic carbocycles. The van der Waals surface area contributed by atoms with Crippen molar-refractivity contribution in [3.8, 4) is 0 Å². The normalized spacial score (nSPS) is 13.0. The Labute approximate surface area is 125 Å². The molecule has 1 atom stereocenters. The van der Waals surface area contributed by atoms with Crippen LogP contribution in [-0.4, -0.2) is 45.1 Å². The molecule has 1 aromatic heterocycles. The van der Waals surface area contributed by atoms with E-state index in [9.17, 15) is 4.79 Å². The van der Waals surface area contributed by atoms with Gasteiger partial charge in [-0.1, -0.05) is 13.3 Å². The second-order valence-corrected chi connectivity index (χ2v) is 5.76. The van der Waals surface area contributed by atoms with E-state index in [1.165, 1.54) is 4.80 Å². The molecule has 0 saturated carbocycles. The molecule has 120 valence electrons. The number of amides is 1. The van der Waals surface area contributed by atoms with Crippen LogP contribution >= 0.6 is 0 Å². The van der Waals surface area contributed by atoms with Crippen molar-refractivity contribution >= 4 is 6.09 Å². The summed E-state index contributed by atoms with van der Waals surface area (Å²) in [6.07, 6.45) is 1.49. The summed E-state index contributed by atoms with van der Waals surface area (Å²) in [5.74, 6) is 0.403. The summed E-state index contributed by atoms with van der Waals surface area (Å²) in [6, 6.07) is -0.481. The van der Waals surface area contributed by atoms with Crippen molar-refractivity contribution in [2.45, 2.75) is 52.2 Å². The van der Waals surface area contributed by atoms with Crippen LogP contribution in [0.1, 0.15) is 52.4 Å². The molecule has 1 heterocycles. The molecule has 0 aliphatic carbocycles. The van der Waals surface area contributed by atoms with Crippen molar-refractivity contribution in [1.29, 1.82) is 0 Å². The van der Waals surface area contributed by atoms with Gasteiger partial charge >= 0.3 is 6.09 Å². The lowest BCUT2D eigenvalue weighted by atomic mass is 10.2. The topological polar surface area (TPSA) is 91.2 Å². The van der Waals surface area contributed by atoms with Crippen LogP contribution < -0.4 is 5.32 Å². The number of carbonyl (C=O) groups excluding carboxylic acids is 1. The van der Waals surface area contributed by atoms with Gasteiger partial charge in [0.15, 0.2) is 5.82 Å². The van der Waals surface area contributed by atoms with Crippen molar-refractivity contribution in [3.63, 3.8) is 0 Å². The van der Waals surface area contributed by atoms with Gasteiger partial charge in [0.25, 0.3) is 0 Å². The molecular weight excluding hydrogens is 274 g/mol. The zero-order valence-electron chi connectivity index (χ0n) is 13.4. The van der Waals surface area contributed by atoms with Gasteiger partial charge in [0.05, 0.1) is 13.7 Å². The fraction of sp³-hybridized carbons (Fsp3) is 0.846. The Hall–Kier alpha value is -1.70. The van der Waals surface area contributed by atoms with E-state index in [0.29, 0.717) is 12.4 Å². The van der Waals surface area contributed by atoms with Gasteiger partial charge in [-0.2, -0.15) is 4.80 Å². The van der Waals surface area contributed by atoms with E-state index in [2.05, 4.69) is 27.7 Å². The molecule has 1 aromatic rings. The summed E-state index contributed by atoms with van der Waals surface area (Å²) in [6.45, 7) is 8.41. The maximum Gasteiger partial charge on any atom is 0.408 e. The van der Waals surface area contributed by atoms with Crippen LogP contribution in [0, 0.1) is 0 Å². The maximum absolute atomic E-state index is 11.9. The summed E-state index contributed by atoms with van der Waals surface area (Å²) in [7, 11) is 1.67. The Balaban J connectivity index is 2.61. The number of carbonyl (C=O) groups is 1. The molecular formula is C13H25N5O3. The predicted octanol–water partition coefficient (Wildman–Crippen LogP) is 1.59. The van der Waals surface area contributed by atoms with Crippen molar-refractivity contribution in [3.05, 3.63) is 5.82 Å². The van der Waals surface area contributed by atoms with Crippen LogP contribution in [0.2, 0.25) is 0 Å². The number of tetrazole rings is 1. The second-order valence-electron chi connectivity index (χ2n) is 5.76. The van der Waals surface area contributed by atoms with Crippen LogP contribution in [0.15, 0.2) is 0 Å². The Morgan fingerprint density at radius 3 is 2.67 bits per heavy atom. The lowest BCUT2D eigenvalue weighted by molar-refractivity contribution is 0.0432. The van der Waals surface area contributed by atoms with Crippen LogP contribution in [0.3, 0.4) is 0 Å². The molecule has 8 heteroatoms. The highest BCUT2D eigenvalue weighted by molar-refractivity contribution is 5.68. The summed E-state index contributed by atoms with van der Waals surface area (Å²) in [4.78, 5) is 13.2. The van der Waals surface area contributed by atoms with Crippen LogP contribution in [0.5, 0.6) is 0 Å². The van der Waals surface area contributed by atoms with Gasteiger partial charge in [-0.3, -0.25) is 0 Å². The molecule has 8 nitrogen and oxygen atoms in total. The van der Waals surface area contributed by atoms with Gasteiger partial charge in [-0.05, 0) is 32.4 Å². The van der Waals surface area contributed by atoms with Crippen molar-refractivity contribution < 1.29 is 14.3 Å². The third-order valence-electron chi connectivity index (χ3n) is 2.45. The number of hydrogen-bond acceptors (Lipinski definition) is 6. The molecule has 0 saturated heterocycles. The summed E-state index contributed by atoms with van der Waals surface area (Å²) in [5.41, 5.74) is -0.562. The average molecular weight is 299 g/mol. The highest BCUT2D eigenvalue weighted by Gasteiger charge is 2.23. The van der Waals surface area contributed by atoms with Gasteiger partial charge in [0.2, 0.25) is 0 Å². The van der Waals surface area contributed by atoms with Gasteiger partial charge in [-0.15, -0.1) is 10.2 Å². The Kier molecular flexibility index (Phi) is 6.54. The van der Waals surface area contributed by atoms with Crippen molar-refractivity contribution in [2.24, 2.45) is 7.05 Å². The zero-order valence-corrected chi connectivity index (χ0v) is 13.4. The zero-order chi connectivity index (χ0) is 15.9. The lowest BCUT2D eigenvalue weighted by Crippen LogP contribution is -2.37. The molecule has 0 aliphatic rings. The molecule has 0 unspecified atom stereocenters. The van der Waals surface area contributed by atoms with E-state index in [0.717, 1.165) is 12.8 Å². The first-order valence-corrected chi connectivity index (χ1v) is 7.13. The van der Waals surface area contributed by atoms with Crippen LogP contribution in [0.4, 0.5) is 4.79 Å². The molecule has 1 amide bonds. The number of alkyl carbamates (subject to hydrolysis) is 1. The third-order valence-corrected chi connectivity index (χ3v) is 2.45. The standard InChI is InChI=1S/C13H25N5O3/c1-6-7-8-20-9-10(11-15-17-18(5)16-11)14-12(19)21-13(2,3)4/h10H,6-9H2,1-5H3,(H,14,19)/t10-/m0/s1. The smallest absolute Gasteiger partial charge is 0.408 e. The van der Waals surface area contributed by atoms with Gasteiger partial charge < -0.3 is 14.8 Å². The number of rotatable bonds is 7. The van der Waals surface area contributed by atoms with Gasteiger partial charge in [-0.25, -0.2) is 4.79 Å². The van der Waals surface area contributed by atoms with Crippen LogP contribution in [-0.2, 0) is 16.5 Å². The summed E-state index contributed by atoms with van der Waals surface area (Å²) >= 11 is 0. The number of nitrogens with zero attached hydrogens (tertiary/aromatic N) is 4. The third kappa shape index (κ3) is 7.03. The predicted molar refractivity (Wildman–Crippen MR) is 76.6 cm³/mol. The number of hydrogen-bond donors (Lipinski definition) is 1. The van der Waals surface area contributed by atoms with Gasteiger partial charge in [0.1, 0.15) is 11.6 Å². The number of aromatic nitrogens is 4. The van der Waals surface area contributed by atoms with E-state index in [-0.39, 0.29) is 6.61 Å². The largest absolute Gasteiger partial charge is 0.444 e. The second kappa shape index (κ2) is 7.92. The van der Waals surface area contributed by atoms with Crippen LogP contribution in [0.25, 0.3) is 0 Å². The van der Waals surface area contributed by atoms with Crippen molar-refractivity contribution in [1.82, 2.24) is 25.5 Å². The Morgan fingerprint density at radius 1 is 1.43 bits per heavy atom. The lowest BCUT2D eigenvalue weighted by Gasteiger charge is -2.22. The summed E-state index contributed by atoms with van der Waals surface area (Å²) in [5, 5.41) is 14.5. The minimum atomic E-state index is -0.562. The van der Waals surface area contributed by atoms with Gasteiger partial charge in [0, 0.05) is 6.61 Å². The maximum atomic E-state index is 11.9. The minimum absolute atomic E-state index is 0.283. The molecule has 0 bridgehead atoms. The monoisotopic (exact) mass is 299 g/mol. The molecule has 21 heavy (non-hydrogen) atoms. The molecule has 1 rings (SSSR count). The number of ether oxygens (including phenoxy) is 2. The SMILES string of the molecule is CCCCOC[C@H](NC(=O)OC(C)(C)C)c1nnn(C)n1. The Morgan fingerprint density at radius 2 is 2.14 bits per heavy atom. The number of nitrogens with one attached hydrogen (secondary N) is 1. The molecule has 0 aliphatic heterocycles. The van der Waals surface area contributed by atoms with Crippen molar-refractivity contribution in [2.75, 3.05) is 13.2 Å². The highest BCUT2D eigenvalue weighted by atomic mass is 16.6. The minimum Gasteiger partial charge on any atom is -0.444 e. The number of unbranched alkanes of at least 4 members (excludes halogenated alkanes) is 1. The molecule has 0 spiro atoms. The molecule has 0 fully saturated rings. The summed E-state index contributed by atoms with van der Waals surface area (Å²) < 4.78 is 10.8. The first-order chi connectivity index (χ1) is 9.81. The fourth-order valence-corrected chi connectivity index (χ4v) is 1.52.